The number of hydrogen-bond acceptors (Lipinski definition) is 3. The van der Waals surface area contributed by atoms with E-state index in [9.17, 15) is 14.4 Å². The summed E-state index contributed by atoms with van der Waals surface area (Å²) in [6.07, 6.45) is 1.21. The quantitative estimate of drug-likeness (QED) is 0.691. The van der Waals surface area contributed by atoms with Crippen molar-refractivity contribution in [3.05, 3.63) is 0 Å². The molecule has 3 atom stereocenters. The summed E-state index contributed by atoms with van der Waals surface area (Å²) in [5.41, 5.74) is -1.42. The largest absolute Gasteiger partial charge is 0.481 e. The number of hydrogen-bond donors (Lipinski definition) is 1. The van der Waals surface area contributed by atoms with Crippen LogP contribution in [0.15, 0.2) is 0 Å². The number of aliphatic carboxylic acids is 1. The van der Waals surface area contributed by atoms with Gasteiger partial charge in [-0.3, -0.25) is 14.4 Å². The van der Waals surface area contributed by atoms with E-state index in [1.165, 1.54) is 0 Å². The van der Waals surface area contributed by atoms with Crippen LogP contribution < -0.4 is 0 Å². The van der Waals surface area contributed by atoms with E-state index < -0.39 is 16.8 Å². The molecule has 0 spiro atoms. The minimum absolute atomic E-state index is 0.0916. The van der Waals surface area contributed by atoms with Crippen LogP contribution in [0.2, 0.25) is 0 Å². The van der Waals surface area contributed by atoms with Crippen molar-refractivity contribution in [3.63, 3.8) is 0 Å². The maximum atomic E-state index is 11.7. The third-order valence-electron chi connectivity index (χ3n) is 4.52. The van der Waals surface area contributed by atoms with Crippen molar-refractivity contribution in [3.8, 4) is 0 Å². The molecule has 4 nitrogen and oxygen atoms in total. The van der Waals surface area contributed by atoms with Gasteiger partial charge in [0.05, 0.1) is 6.42 Å². The average Bonchev–Trinajstić information content (AvgIpc) is 2.42. The Bertz CT molecular complexity index is 373. The van der Waals surface area contributed by atoms with E-state index in [1.807, 2.05) is 0 Å². The second-order valence-corrected chi connectivity index (χ2v) is 5.10. The molecule has 2 fully saturated rings. The van der Waals surface area contributed by atoms with Crippen LogP contribution in [0.1, 0.15) is 33.1 Å². The maximum absolute atomic E-state index is 11.7. The van der Waals surface area contributed by atoms with Crippen LogP contribution in [0.5, 0.6) is 0 Å². The van der Waals surface area contributed by atoms with Crippen molar-refractivity contribution < 1.29 is 19.5 Å². The predicted molar refractivity (Wildman–Crippen MR) is 51.2 cm³/mol. The van der Waals surface area contributed by atoms with Gasteiger partial charge in [-0.2, -0.15) is 0 Å². The highest BCUT2D eigenvalue weighted by Gasteiger charge is 2.68. The van der Waals surface area contributed by atoms with Crippen molar-refractivity contribution in [2.75, 3.05) is 0 Å². The summed E-state index contributed by atoms with van der Waals surface area (Å²) in [5.74, 6) is -2.01. The first-order chi connectivity index (χ1) is 6.83. The molecule has 4 heteroatoms. The lowest BCUT2D eigenvalue weighted by molar-refractivity contribution is -0.143. The van der Waals surface area contributed by atoms with Gasteiger partial charge in [0, 0.05) is 16.7 Å². The van der Waals surface area contributed by atoms with Gasteiger partial charge in [-0.25, -0.2) is 0 Å². The summed E-state index contributed by atoms with van der Waals surface area (Å²) >= 11 is 0. The second kappa shape index (κ2) is 2.68. The van der Waals surface area contributed by atoms with E-state index >= 15 is 0 Å². The SMILES string of the molecule is C[C@]12CC[C@@H](C(=O)C1=O)[C@@]2(C)CC(=O)O. The van der Waals surface area contributed by atoms with Crippen molar-refractivity contribution in [1.82, 2.24) is 0 Å². The van der Waals surface area contributed by atoms with Crippen LogP contribution in [0.25, 0.3) is 0 Å². The number of fused-ring (bicyclic) bond motifs is 2. The minimum atomic E-state index is -0.932. The lowest BCUT2D eigenvalue weighted by Gasteiger charge is -2.34. The molecule has 0 amide bonds. The molecule has 15 heavy (non-hydrogen) atoms. The molecule has 0 aliphatic heterocycles. The fourth-order valence-electron chi connectivity index (χ4n) is 3.28. The topological polar surface area (TPSA) is 71.4 Å². The van der Waals surface area contributed by atoms with Gasteiger partial charge in [0.1, 0.15) is 0 Å². The monoisotopic (exact) mass is 210 g/mol. The number of ketones is 2. The molecule has 0 unspecified atom stereocenters. The zero-order valence-corrected chi connectivity index (χ0v) is 8.87. The lowest BCUT2D eigenvalue weighted by atomic mass is 9.67. The fraction of sp³-hybridized carbons (Fsp3) is 0.727. The zero-order chi connectivity index (χ0) is 11.4. The molecule has 82 valence electrons. The first-order valence-electron chi connectivity index (χ1n) is 5.13. The molecular weight excluding hydrogens is 196 g/mol. The second-order valence-electron chi connectivity index (χ2n) is 5.10. The summed E-state index contributed by atoms with van der Waals surface area (Å²) in [5, 5.41) is 8.87. The summed E-state index contributed by atoms with van der Waals surface area (Å²) < 4.78 is 0. The fourth-order valence-corrected chi connectivity index (χ4v) is 3.28. The standard InChI is InChI=1S/C11H14O4/c1-10-4-3-6(8(14)9(10)15)11(10,2)5-7(12)13/h6H,3-5H2,1-2H3,(H,12,13)/t6-,10-,11+/m0/s1. The summed E-state index contributed by atoms with van der Waals surface area (Å²) in [4.78, 5) is 34.2. The Hall–Kier alpha value is -1.19. The van der Waals surface area contributed by atoms with E-state index in [-0.39, 0.29) is 23.9 Å². The summed E-state index contributed by atoms with van der Waals surface area (Å²) in [6, 6.07) is 0. The Kier molecular flexibility index (Phi) is 1.85. The number of carbonyl (C=O) groups is 3. The van der Waals surface area contributed by atoms with Crippen LogP contribution >= 0.6 is 0 Å². The highest BCUT2D eigenvalue weighted by molar-refractivity contribution is 6.43. The minimum Gasteiger partial charge on any atom is -0.481 e. The van der Waals surface area contributed by atoms with Gasteiger partial charge in [0.15, 0.2) is 0 Å². The van der Waals surface area contributed by atoms with Crippen LogP contribution in [-0.4, -0.2) is 22.6 Å². The average molecular weight is 210 g/mol. The third-order valence-corrected chi connectivity index (χ3v) is 4.52. The Morgan fingerprint density at radius 1 is 1.47 bits per heavy atom. The van der Waals surface area contributed by atoms with Gasteiger partial charge in [-0.05, 0) is 12.8 Å². The molecule has 0 radical (unpaired) electrons. The van der Waals surface area contributed by atoms with E-state index in [4.69, 9.17) is 5.11 Å². The van der Waals surface area contributed by atoms with Gasteiger partial charge in [0.25, 0.3) is 0 Å². The van der Waals surface area contributed by atoms with Gasteiger partial charge >= 0.3 is 5.97 Å². The van der Waals surface area contributed by atoms with E-state index in [0.29, 0.717) is 12.8 Å². The molecule has 2 aliphatic rings. The molecule has 0 aromatic heterocycles. The number of carboxylic acids is 1. The van der Waals surface area contributed by atoms with Crippen LogP contribution in [0.4, 0.5) is 0 Å². The summed E-state index contributed by atoms with van der Waals surface area (Å²) in [6.45, 7) is 3.50. The molecule has 2 aliphatic carbocycles. The third kappa shape index (κ3) is 0.994. The molecular formula is C11H14O4. The number of carboxylic acid groups (broad SMARTS) is 1. The maximum Gasteiger partial charge on any atom is 0.303 e. The summed E-state index contributed by atoms with van der Waals surface area (Å²) in [7, 11) is 0. The van der Waals surface area contributed by atoms with Gasteiger partial charge in [0.2, 0.25) is 11.6 Å². The molecule has 0 aromatic rings. The Morgan fingerprint density at radius 2 is 2.07 bits per heavy atom. The van der Waals surface area contributed by atoms with Crippen molar-refractivity contribution in [2.24, 2.45) is 16.7 Å². The highest BCUT2D eigenvalue weighted by Crippen LogP contribution is 2.63. The van der Waals surface area contributed by atoms with Gasteiger partial charge < -0.3 is 5.11 Å². The van der Waals surface area contributed by atoms with E-state index in [0.717, 1.165) is 0 Å². The smallest absolute Gasteiger partial charge is 0.303 e. The number of carbonyl (C=O) groups excluding carboxylic acids is 2. The Labute approximate surface area is 87.7 Å². The Balaban J connectivity index is 2.46. The first-order valence-corrected chi connectivity index (χ1v) is 5.13. The zero-order valence-electron chi connectivity index (χ0n) is 8.87. The molecule has 0 saturated heterocycles. The molecule has 1 N–H and O–H groups in total. The molecule has 0 aromatic carbocycles. The number of Topliss-reactive ketones (excluding diaryl/α,β-unsaturated/α-hetero) is 2. The normalized spacial score (nSPS) is 43.7. The van der Waals surface area contributed by atoms with Gasteiger partial charge in [-0.1, -0.05) is 13.8 Å². The van der Waals surface area contributed by atoms with Crippen LogP contribution in [-0.2, 0) is 14.4 Å². The van der Waals surface area contributed by atoms with Crippen molar-refractivity contribution >= 4 is 17.5 Å². The predicted octanol–water partition coefficient (Wildman–Crippen LogP) is 1.04. The lowest BCUT2D eigenvalue weighted by Crippen LogP contribution is -2.37. The van der Waals surface area contributed by atoms with Crippen LogP contribution in [0, 0.1) is 16.7 Å². The Morgan fingerprint density at radius 3 is 2.47 bits per heavy atom. The molecule has 2 saturated carbocycles. The van der Waals surface area contributed by atoms with Gasteiger partial charge in [-0.15, -0.1) is 0 Å². The van der Waals surface area contributed by atoms with E-state index in [2.05, 4.69) is 0 Å². The van der Waals surface area contributed by atoms with Crippen molar-refractivity contribution in [1.29, 1.82) is 0 Å². The van der Waals surface area contributed by atoms with E-state index in [1.54, 1.807) is 13.8 Å². The first kappa shape index (κ1) is 10.3. The number of rotatable bonds is 2. The molecule has 2 rings (SSSR count). The molecule has 0 heterocycles. The van der Waals surface area contributed by atoms with Crippen LogP contribution in [0.3, 0.4) is 0 Å². The molecule has 2 bridgehead atoms. The van der Waals surface area contributed by atoms with Crippen molar-refractivity contribution in [2.45, 2.75) is 33.1 Å². The highest BCUT2D eigenvalue weighted by atomic mass is 16.4.